The molecular weight excluding hydrogens is 562 g/mol. The van der Waals surface area contributed by atoms with Crippen LogP contribution in [0.15, 0.2) is 30.3 Å². The Hall–Kier alpha value is -2.17. The number of benzene rings is 2. The number of halogens is 6. The second kappa shape index (κ2) is 8.43. The molecular formula is C23H17Cl4F2N3O4. The SMILES string of the molecule is CN(C(=O)[C@H]1[C@H]2CC(F)(F)CN2[C@]2(C(=O)Nc3c(Cl)cc(Cl)cc32)[C@H]1C(=O)O)c1cc(Cl)cc(Cl)c1. The van der Waals surface area contributed by atoms with Gasteiger partial charge < -0.3 is 15.3 Å². The number of carboxylic acids is 1. The van der Waals surface area contributed by atoms with Crippen LogP contribution in [0, 0.1) is 11.8 Å². The lowest BCUT2D eigenvalue weighted by atomic mass is 9.73. The Morgan fingerprint density at radius 2 is 1.69 bits per heavy atom. The number of nitrogens with one attached hydrogen (secondary N) is 1. The maximum Gasteiger partial charge on any atom is 0.310 e. The van der Waals surface area contributed by atoms with Gasteiger partial charge in [-0.1, -0.05) is 46.4 Å². The summed E-state index contributed by atoms with van der Waals surface area (Å²) in [5, 5.41) is 13.5. The van der Waals surface area contributed by atoms with Gasteiger partial charge in [-0.3, -0.25) is 19.3 Å². The van der Waals surface area contributed by atoms with E-state index in [1.807, 2.05) is 0 Å². The van der Waals surface area contributed by atoms with Crippen molar-refractivity contribution >= 4 is 75.6 Å². The van der Waals surface area contributed by atoms with Crippen LogP contribution in [-0.2, 0) is 19.9 Å². The van der Waals surface area contributed by atoms with Crippen molar-refractivity contribution in [3.8, 4) is 0 Å². The number of amides is 2. The van der Waals surface area contributed by atoms with E-state index in [1.165, 1.54) is 37.4 Å². The quantitative estimate of drug-likeness (QED) is 0.526. The first-order valence-electron chi connectivity index (χ1n) is 10.7. The zero-order chi connectivity index (χ0) is 26.3. The van der Waals surface area contributed by atoms with Crippen LogP contribution < -0.4 is 10.2 Å². The van der Waals surface area contributed by atoms with Crippen molar-refractivity contribution in [2.45, 2.75) is 23.9 Å². The zero-order valence-corrected chi connectivity index (χ0v) is 21.4. The highest BCUT2D eigenvalue weighted by Crippen LogP contribution is 2.61. The monoisotopic (exact) mass is 577 g/mol. The number of carbonyl (C=O) groups is 3. The maximum absolute atomic E-state index is 14.8. The summed E-state index contributed by atoms with van der Waals surface area (Å²) < 4.78 is 29.7. The minimum Gasteiger partial charge on any atom is -0.481 e. The Balaban J connectivity index is 1.71. The van der Waals surface area contributed by atoms with Crippen LogP contribution in [0.25, 0.3) is 0 Å². The van der Waals surface area contributed by atoms with Crippen molar-refractivity contribution in [2.75, 3.05) is 23.8 Å². The topological polar surface area (TPSA) is 90.0 Å². The largest absolute Gasteiger partial charge is 0.481 e. The maximum atomic E-state index is 14.8. The van der Waals surface area contributed by atoms with Crippen LogP contribution in [-0.4, -0.2) is 53.3 Å². The van der Waals surface area contributed by atoms with Gasteiger partial charge >= 0.3 is 5.97 Å². The van der Waals surface area contributed by atoms with Crippen LogP contribution in [0.2, 0.25) is 20.1 Å². The summed E-state index contributed by atoms with van der Waals surface area (Å²) in [6.07, 6.45) is -0.810. The third-order valence-electron chi connectivity index (χ3n) is 7.15. The molecule has 3 aliphatic rings. The summed E-state index contributed by atoms with van der Waals surface area (Å²) in [5.41, 5.74) is -1.77. The summed E-state index contributed by atoms with van der Waals surface area (Å²) in [7, 11) is 1.36. The molecule has 0 aromatic heterocycles. The Labute approximate surface area is 223 Å². The van der Waals surface area contributed by atoms with E-state index >= 15 is 0 Å². The average Bonchev–Trinajstić information content (AvgIpc) is 3.33. The van der Waals surface area contributed by atoms with E-state index < -0.39 is 60.1 Å². The molecule has 0 bridgehead atoms. The lowest BCUT2D eigenvalue weighted by molar-refractivity contribution is -0.153. The highest BCUT2D eigenvalue weighted by Gasteiger charge is 2.74. The van der Waals surface area contributed by atoms with E-state index in [1.54, 1.807) is 0 Å². The number of hydrogen-bond acceptors (Lipinski definition) is 4. The van der Waals surface area contributed by atoms with Crippen LogP contribution in [0.3, 0.4) is 0 Å². The molecule has 190 valence electrons. The molecule has 1 spiro atoms. The lowest BCUT2D eigenvalue weighted by Gasteiger charge is -2.36. The minimum atomic E-state index is -3.27. The lowest BCUT2D eigenvalue weighted by Crippen LogP contribution is -2.54. The molecule has 3 aliphatic heterocycles. The molecule has 2 fully saturated rings. The zero-order valence-electron chi connectivity index (χ0n) is 18.4. The Bertz CT molecular complexity index is 1320. The number of fused-ring (bicyclic) bond motifs is 4. The molecule has 36 heavy (non-hydrogen) atoms. The molecule has 0 radical (unpaired) electrons. The summed E-state index contributed by atoms with van der Waals surface area (Å²) in [6.45, 7) is -0.922. The van der Waals surface area contributed by atoms with E-state index in [4.69, 9.17) is 46.4 Å². The van der Waals surface area contributed by atoms with Gasteiger partial charge in [0, 0.05) is 45.8 Å². The van der Waals surface area contributed by atoms with Crippen molar-refractivity contribution in [3.05, 3.63) is 56.0 Å². The van der Waals surface area contributed by atoms with Gasteiger partial charge in [0.1, 0.15) is 11.5 Å². The van der Waals surface area contributed by atoms with Gasteiger partial charge in [-0.2, -0.15) is 0 Å². The van der Waals surface area contributed by atoms with Gasteiger partial charge in [0.2, 0.25) is 5.91 Å². The molecule has 3 heterocycles. The predicted octanol–water partition coefficient (Wildman–Crippen LogP) is 5.15. The molecule has 4 atom stereocenters. The van der Waals surface area contributed by atoms with Crippen LogP contribution in [0.1, 0.15) is 12.0 Å². The molecule has 0 unspecified atom stereocenters. The molecule has 5 rings (SSSR count). The average molecular weight is 579 g/mol. The van der Waals surface area contributed by atoms with E-state index in [9.17, 15) is 28.3 Å². The number of aliphatic carboxylic acids is 1. The third-order valence-corrected chi connectivity index (χ3v) is 8.11. The first-order chi connectivity index (χ1) is 16.8. The molecule has 0 saturated carbocycles. The second-order valence-corrected chi connectivity index (χ2v) is 10.9. The fraction of sp³-hybridized carbons (Fsp3) is 0.348. The number of nitrogens with zero attached hydrogens (tertiary/aromatic N) is 2. The summed E-state index contributed by atoms with van der Waals surface area (Å²) in [5.74, 6) is -9.65. The third kappa shape index (κ3) is 3.59. The molecule has 2 saturated heterocycles. The first kappa shape index (κ1) is 25.5. The Morgan fingerprint density at radius 3 is 2.31 bits per heavy atom. The number of rotatable bonds is 3. The number of hydrogen-bond donors (Lipinski definition) is 2. The highest BCUT2D eigenvalue weighted by atomic mass is 35.5. The standard InChI is InChI=1S/C23H17Cl4F2N3O4/c1-31(12-3-9(24)2-10(25)4-12)19(33)16-15-7-22(28,29)8-32(15)23(17(16)20(34)35)13-5-11(26)6-14(27)18(13)30-21(23)36/h2-6,15-17H,7-8H2,1H3,(H,30,36)(H,34,35)/t15-,16+,17-,23+/m1/s1. The van der Waals surface area contributed by atoms with E-state index in [0.717, 1.165) is 9.80 Å². The normalized spacial score (nSPS) is 28.2. The smallest absolute Gasteiger partial charge is 0.310 e. The summed E-state index contributed by atoms with van der Waals surface area (Å²) in [6, 6.07) is 5.73. The fourth-order valence-corrected chi connectivity index (χ4v) is 6.92. The van der Waals surface area contributed by atoms with Crippen molar-refractivity contribution in [3.63, 3.8) is 0 Å². The molecule has 2 aromatic rings. The number of carboxylic acid groups (broad SMARTS) is 1. The molecule has 2 aromatic carbocycles. The Morgan fingerprint density at radius 1 is 1.08 bits per heavy atom. The van der Waals surface area contributed by atoms with Crippen molar-refractivity contribution in [1.29, 1.82) is 0 Å². The molecule has 0 aliphatic carbocycles. The van der Waals surface area contributed by atoms with Gasteiger partial charge in [0.15, 0.2) is 0 Å². The predicted molar refractivity (Wildman–Crippen MR) is 131 cm³/mol. The van der Waals surface area contributed by atoms with Crippen LogP contribution in [0.4, 0.5) is 20.2 Å². The van der Waals surface area contributed by atoms with Crippen molar-refractivity contribution in [1.82, 2.24) is 4.90 Å². The van der Waals surface area contributed by atoms with Gasteiger partial charge in [0.05, 0.1) is 23.2 Å². The highest BCUT2D eigenvalue weighted by molar-refractivity contribution is 6.38. The van der Waals surface area contributed by atoms with Gasteiger partial charge in [0.25, 0.3) is 11.8 Å². The molecule has 2 amide bonds. The molecule has 7 nitrogen and oxygen atoms in total. The first-order valence-corrected chi connectivity index (χ1v) is 12.2. The number of anilines is 2. The second-order valence-electron chi connectivity index (χ2n) is 9.15. The summed E-state index contributed by atoms with van der Waals surface area (Å²) in [4.78, 5) is 42.4. The fourth-order valence-electron chi connectivity index (χ4n) is 5.86. The number of alkyl halides is 2. The molecule has 13 heteroatoms. The van der Waals surface area contributed by atoms with Crippen molar-refractivity contribution in [2.24, 2.45) is 11.8 Å². The van der Waals surface area contributed by atoms with Gasteiger partial charge in [-0.15, -0.1) is 0 Å². The van der Waals surface area contributed by atoms with Gasteiger partial charge in [-0.05, 0) is 30.3 Å². The van der Waals surface area contributed by atoms with Crippen molar-refractivity contribution < 1.29 is 28.3 Å². The Kier molecular flexibility index (Phi) is 5.96. The minimum absolute atomic E-state index is 0.0230. The molecule has 2 N–H and O–H groups in total. The van der Waals surface area contributed by atoms with Crippen LogP contribution >= 0.6 is 46.4 Å². The van der Waals surface area contributed by atoms with E-state index in [-0.39, 0.29) is 37.0 Å². The van der Waals surface area contributed by atoms with Crippen LogP contribution in [0.5, 0.6) is 0 Å². The van der Waals surface area contributed by atoms with E-state index in [0.29, 0.717) is 0 Å². The number of carbonyl (C=O) groups excluding carboxylic acids is 2. The summed E-state index contributed by atoms with van der Waals surface area (Å²) >= 11 is 24.6. The van der Waals surface area contributed by atoms with E-state index in [2.05, 4.69) is 5.32 Å². The van der Waals surface area contributed by atoms with Gasteiger partial charge in [-0.25, -0.2) is 8.78 Å².